The lowest BCUT2D eigenvalue weighted by molar-refractivity contribution is -0.155. The lowest BCUT2D eigenvalue weighted by Crippen LogP contribution is -2.60. The van der Waals surface area contributed by atoms with Crippen LogP contribution in [0, 0.1) is 5.41 Å². The minimum absolute atomic E-state index is 0.0450. The maximum Gasteiger partial charge on any atom is 0.250 e. The van der Waals surface area contributed by atoms with E-state index in [9.17, 15) is 62.3 Å². The van der Waals surface area contributed by atoms with E-state index in [1.165, 1.54) is 11.8 Å². The fourth-order valence-corrected chi connectivity index (χ4v) is 9.90. The lowest BCUT2D eigenvalue weighted by atomic mass is 9.71. The van der Waals surface area contributed by atoms with Crippen LogP contribution in [0.25, 0.3) is 0 Å². The molecule has 7 amide bonds. The molecule has 0 spiro atoms. The number of anilines is 1. The molecule has 0 radical (unpaired) electrons. The highest BCUT2D eigenvalue weighted by molar-refractivity contribution is 8.94. The molecule has 2 atom stereocenters. The van der Waals surface area contributed by atoms with E-state index < -0.39 is 99.0 Å². The summed E-state index contributed by atoms with van der Waals surface area (Å²) < 4.78 is 3.99. The number of benzene rings is 1. The predicted molar refractivity (Wildman–Crippen MR) is 220 cm³/mol. The Bertz CT molecular complexity index is 2000. The van der Waals surface area contributed by atoms with Crippen LogP contribution in [-0.2, 0) is 73.5 Å². The van der Waals surface area contributed by atoms with Crippen molar-refractivity contribution in [2.45, 2.75) is 81.6 Å². The van der Waals surface area contributed by atoms with Crippen molar-refractivity contribution in [1.82, 2.24) is 20.4 Å². The number of rotatable bonds is 25. The Balaban J connectivity index is 1.26. The van der Waals surface area contributed by atoms with Crippen LogP contribution in [0.2, 0.25) is 0 Å². The van der Waals surface area contributed by atoms with E-state index >= 15 is 0 Å². The van der Waals surface area contributed by atoms with Crippen molar-refractivity contribution in [3.63, 3.8) is 0 Å². The standard InChI is InChI=1S/C39H45N5O14S3/c1-21(45)38(22(2)46,23(3)47)36(56)27(42-30(50)13-16-59-28-17-35(55)44(37(28)57)14-11-29(49)39(24(4)48)60-61-39)18-40-31(51)19-58-20-32(52)41-26-8-5-25(6-9-26)7-10-33(53)43-15-12-34(43)54/h5-6,8-9,27-28H,7,10-20H2,1-4H3,(H,40,51)(H,41,52)(H,42,50)/t27-,28?/m1/s1. The van der Waals surface area contributed by atoms with Gasteiger partial charge in [-0.2, -0.15) is 0 Å². The van der Waals surface area contributed by atoms with Crippen LogP contribution in [-0.4, -0.2) is 140 Å². The Morgan fingerprint density at radius 1 is 0.836 bits per heavy atom. The summed E-state index contributed by atoms with van der Waals surface area (Å²) in [5.41, 5.74) is -1.58. The summed E-state index contributed by atoms with van der Waals surface area (Å²) in [6.07, 6.45) is 0.179. The summed E-state index contributed by atoms with van der Waals surface area (Å²) >= 11 is 0.969. The molecule has 1 aromatic rings. The van der Waals surface area contributed by atoms with E-state index in [2.05, 4.69) is 16.0 Å². The van der Waals surface area contributed by atoms with Gasteiger partial charge in [-0.1, -0.05) is 33.7 Å². The first kappa shape index (κ1) is 48.6. The van der Waals surface area contributed by atoms with Crippen molar-refractivity contribution >= 4 is 115 Å². The van der Waals surface area contributed by atoms with Crippen LogP contribution < -0.4 is 16.0 Å². The maximum absolute atomic E-state index is 13.8. The second kappa shape index (κ2) is 21.1. The summed E-state index contributed by atoms with van der Waals surface area (Å²) in [5.74, 6) is -9.20. The summed E-state index contributed by atoms with van der Waals surface area (Å²) in [4.78, 5) is 166. The van der Waals surface area contributed by atoms with Gasteiger partial charge in [0.15, 0.2) is 38.8 Å². The Kier molecular flexibility index (Phi) is 16.9. The zero-order chi connectivity index (χ0) is 45.2. The number of nitrogens with one attached hydrogen (secondary N) is 3. The molecule has 22 heteroatoms. The second-order valence-corrected chi connectivity index (χ2v) is 18.5. The van der Waals surface area contributed by atoms with Gasteiger partial charge in [-0.3, -0.25) is 72.1 Å². The van der Waals surface area contributed by atoms with E-state index in [1.54, 1.807) is 24.3 Å². The fourth-order valence-electron chi connectivity index (χ4n) is 6.56. The molecular weight excluding hydrogens is 859 g/mol. The van der Waals surface area contributed by atoms with Crippen LogP contribution in [0.5, 0.6) is 0 Å². The van der Waals surface area contributed by atoms with Gasteiger partial charge < -0.3 is 20.7 Å². The molecule has 3 aliphatic heterocycles. The summed E-state index contributed by atoms with van der Waals surface area (Å²) in [7, 11) is 2.24. The zero-order valence-electron chi connectivity index (χ0n) is 33.8. The smallest absolute Gasteiger partial charge is 0.250 e. The van der Waals surface area contributed by atoms with Gasteiger partial charge in [0, 0.05) is 63.2 Å². The van der Waals surface area contributed by atoms with E-state index in [0.29, 0.717) is 25.1 Å². The molecule has 3 heterocycles. The third-order valence-corrected chi connectivity index (χ3v) is 14.3. The third-order valence-electron chi connectivity index (χ3n) is 10.1. The summed E-state index contributed by atoms with van der Waals surface area (Å²) in [6.45, 7) is 2.16. The van der Waals surface area contributed by atoms with Crippen LogP contribution in [0.3, 0.4) is 0 Å². The van der Waals surface area contributed by atoms with Gasteiger partial charge in [-0.05, 0) is 51.8 Å². The number of amides is 7. The lowest BCUT2D eigenvalue weighted by Gasteiger charge is -2.29. The molecule has 328 valence electrons. The molecule has 3 fully saturated rings. The van der Waals surface area contributed by atoms with Gasteiger partial charge in [0.2, 0.25) is 46.8 Å². The predicted octanol–water partition coefficient (Wildman–Crippen LogP) is 0.147. The maximum atomic E-state index is 13.8. The highest BCUT2D eigenvalue weighted by Gasteiger charge is 2.57. The molecule has 3 saturated heterocycles. The van der Waals surface area contributed by atoms with Crippen LogP contribution >= 0.6 is 33.3 Å². The van der Waals surface area contributed by atoms with Gasteiger partial charge in [0.1, 0.15) is 19.3 Å². The number of carbonyl (C=O) groups is 13. The second-order valence-electron chi connectivity index (χ2n) is 14.3. The van der Waals surface area contributed by atoms with Gasteiger partial charge in [-0.25, -0.2) is 0 Å². The van der Waals surface area contributed by atoms with Crippen LogP contribution in [0.1, 0.15) is 65.4 Å². The Labute approximate surface area is 362 Å². The summed E-state index contributed by atoms with van der Waals surface area (Å²) in [6, 6.07) is 4.82. The van der Waals surface area contributed by atoms with Crippen molar-refractivity contribution in [3.8, 4) is 0 Å². The third kappa shape index (κ3) is 11.9. The number of aryl methyl sites for hydroxylation is 1. The first-order valence-corrected chi connectivity index (χ1v) is 22.2. The molecular formula is C39H45N5O14S3. The van der Waals surface area contributed by atoms with Crippen molar-refractivity contribution < 1.29 is 67.1 Å². The molecule has 0 aromatic heterocycles. The number of imide groups is 2. The number of likely N-dealkylation sites (tertiary alicyclic amines) is 2. The van der Waals surface area contributed by atoms with Crippen molar-refractivity contribution in [2.24, 2.45) is 5.41 Å². The topological polar surface area (TPSA) is 274 Å². The number of carbonyl (C=O) groups excluding carboxylic acids is 13. The quantitative estimate of drug-likeness (QED) is 0.0387. The molecule has 0 bridgehead atoms. The number of hydrogen-bond acceptors (Lipinski definition) is 17. The number of thioether (sulfide) groups is 1. The molecule has 19 nitrogen and oxygen atoms in total. The minimum atomic E-state index is -2.78. The molecule has 0 saturated carbocycles. The van der Waals surface area contributed by atoms with Crippen molar-refractivity contribution in [1.29, 1.82) is 0 Å². The van der Waals surface area contributed by atoms with Crippen LogP contribution in [0.4, 0.5) is 5.69 Å². The van der Waals surface area contributed by atoms with Crippen molar-refractivity contribution in [2.75, 3.05) is 43.9 Å². The average Bonchev–Trinajstić information content (AvgIpc) is 3.96. The SMILES string of the molecule is CC(=O)C1(C(=O)CCN2C(=O)CC(SCCC(=O)N[C@H](CNC(=O)COCC(=O)Nc3ccc(CCC(=O)N4CCC4=O)cc3)C(=O)C(C(C)=O)(C(C)=O)C(C)=O)C2=O)SS1. The normalized spacial score (nSPS) is 17.2. The van der Waals surface area contributed by atoms with Gasteiger partial charge in [0.05, 0.1) is 5.25 Å². The van der Waals surface area contributed by atoms with Gasteiger partial charge in [0.25, 0.3) is 0 Å². The molecule has 3 aliphatic rings. The fraction of sp³-hybridized carbons (Fsp3) is 0.513. The van der Waals surface area contributed by atoms with Gasteiger partial charge >= 0.3 is 0 Å². The highest BCUT2D eigenvalue weighted by atomic mass is 33.2. The molecule has 4 rings (SSSR count). The van der Waals surface area contributed by atoms with Crippen molar-refractivity contribution in [3.05, 3.63) is 29.8 Å². The largest absolute Gasteiger partial charge is 0.362 e. The molecule has 1 unspecified atom stereocenters. The number of nitrogens with zero attached hydrogens (tertiary/aromatic N) is 2. The first-order valence-electron chi connectivity index (χ1n) is 19.0. The number of ketones is 6. The van der Waals surface area contributed by atoms with E-state index in [-0.39, 0.29) is 55.6 Å². The summed E-state index contributed by atoms with van der Waals surface area (Å²) in [5, 5.41) is 6.38. The van der Waals surface area contributed by atoms with E-state index in [0.717, 1.165) is 64.6 Å². The van der Waals surface area contributed by atoms with Crippen LogP contribution in [0.15, 0.2) is 24.3 Å². The first-order chi connectivity index (χ1) is 28.7. The van der Waals surface area contributed by atoms with Gasteiger partial charge in [-0.15, -0.1) is 11.8 Å². The van der Waals surface area contributed by atoms with E-state index in [1.807, 2.05) is 0 Å². The highest BCUT2D eigenvalue weighted by Crippen LogP contribution is 2.66. The number of β-lactam (4-membered cyclic amide) rings is 1. The number of hydrogen-bond donors (Lipinski definition) is 3. The Morgan fingerprint density at radius 3 is 2.00 bits per heavy atom. The number of Topliss-reactive ketones (excluding diaryl/α,β-unsaturated/α-hetero) is 6. The van der Waals surface area contributed by atoms with E-state index in [4.69, 9.17) is 4.74 Å². The zero-order valence-corrected chi connectivity index (χ0v) is 36.2. The Hall–Kier alpha value is -5.06. The molecule has 0 aliphatic carbocycles. The molecule has 3 N–H and O–H groups in total. The average molecular weight is 904 g/mol. The monoisotopic (exact) mass is 903 g/mol. The molecule has 1 aromatic carbocycles. The Morgan fingerprint density at radius 2 is 1.46 bits per heavy atom. The molecule has 61 heavy (non-hydrogen) atoms. The number of ether oxygens (including phenoxy) is 1. The minimum Gasteiger partial charge on any atom is -0.362 e.